The van der Waals surface area contributed by atoms with Crippen molar-refractivity contribution in [1.29, 1.82) is 0 Å². The van der Waals surface area contributed by atoms with Crippen LogP contribution in [0.5, 0.6) is 0 Å². The zero-order valence-corrected chi connectivity index (χ0v) is 19.0. The summed E-state index contributed by atoms with van der Waals surface area (Å²) in [5.41, 5.74) is 0.924. The number of carbonyl (C=O) groups is 1. The topological polar surface area (TPSA) is 98.1 Å². The Balaban J connectivity index is 1.61. The van der Waals surface area contributed by atoms with E-state index >= 15 is 0 Å². The maximum absolute atomic E-state index is 14.7. The molecule has 2 aromatic heterocycles. The van der Waals surface area contributed by atoms with Gasteiger partial charge in [-0.15, -0.1) is 10.2 Å². The molecular formula is C21H22FN5O3S2. The Labute approximate surface area is 189 Å². The van der Waals surface area contributed by atoms with Crippen molar-refractivity contribution in [2.24, 2.45) is 0 Å². The summed E-state index contributed by atoms with van der Waals surface area (Å²) < 4.78 is 39.9. The lowest BCUT2D eigenvalue weighted by Crippen LogP contribution is -2.42. The molecule has 1 atom stereocenters. The summed E-state index contributed by atoms with van der Waals surface area (Å²) >= 11 is 1.14. The molecule has 0 unspecified atom stereocenters. The highest BCUT2D eigenvalue weighted by molar-refractivity contribution is 7.99. The molecule has 1 saturated heterocycles. The average Bonchev–Trinajstić information content (AvgIpc) is 3.36. The summed E-state index contributed by atoms with van der Waals surface area (Å²) in [5.74, 6) is -0.0994. The number of hydrogen-bond acceptors (Lipinski definition) is 7. The highest BCUT2D eigenvalue weighted by Crippen LogP contribution is 2.29. The lowest BCUT2D eigenvalue weighted by Gasteiger charge is -2.26. The van der Waals surface area contributed by atoms with Crippen LogP contribution in [0.25, 0.3) is 17.1 Å². The number of carbonyl (C=O) groups excluding carboxylic acids is 1. The predicted molar refractivity (Wildman–Crippen MR) is 120 cm³/mol. The van der Waals surface area contributed by atoms with Crippen molar-refractivity contribution >= 4 is 27.5 Å². The van der Waals surface area contributed by atoms with Gasteiger partial charge in [0.1, 0.15) is 5.82 Å². The molecule has 8 nitrogen and oxygen atoms in total. The Morgan fingerprint density at radius 3 is 2.72 bits per heavy atom. The third kappa shape index (κ3) is 4.68. The number of benzene rings is 1. The molecule has 0 N–H and O–H groups in total. The first-order valence-corrected chi connectivity index (χ1v) is 12.9. The van der Waals surface area contributed by atoms with Gasteiger partial charge in [0.15, 0.2) is 20.8 Å². The first-order chi connectivity index (χ1) is 15.4. The van der Waals surface area contributed by atoms with Gasteiger partial charge in [-0.25, -0.2) is 12.8 Å². The molecule has 0 spiro atoms. The van der Waals surface area contributed by atoms with E-state index in [1.165, 1.54) is 6.07 Å². The second kappa shape index (κ2) is 9.37. The lowest BCUT2D eigenvalue weighted by molar-refractivity contribution is -0.129. The number of halogens is 1. The summed E-state index contributed by atoms with van der Waals surface area (Å²) in [5, 5.41) is 8.79. The summed E-state index contributed by atoms with van der Waals surface area (Å²) in [6, 6.07) is 9.51. The van der Waals surface area contributed by atoms with Crippen LogP contribution in [-0.4, -0.2) is 68.8 Å². The normalized spacial score (nSPS) is 17.4. The van der Waals surface area contributed by atoms with Gasteiger partial charge >= 0.3 is 0 Å². The van der Waals surface area contributed by atoms with E-state index in [4.69, 9.17) is 0 Å². The molecular weight excluding hydrogens is 453 g/mol. The molecule has 0 radical (unpaired) electrons. The Kier molecular flexibility index (Phi) is 6.56. The number of aromatic nitrogens is 4. The molecule has 3 heterocycles. The molecule has 32 heavy (non-hydrogen) atoms. The number of pyridine rings is 1. The fourth-order valence-electron chi connectivity index (χ4n) is 3.76. The van der Waals surface area contributed by atoms with Gasteiger partial charge in [0, 0.05) is 30.5 Å². The molecule has 1 aliphatic heterocycles. The highest BCUT2D eigenvalue weighted by Gasteiger charge is 2.34. The van der Waals surface area contributed by atoms with Gasteiger partial charge in [0.2, 0.25) is 5.91 Å². The number of para-hydroxylation sites is 1. The molecule has 0 saturated carbocycles. The van der Waals surface area contributed by atoms with Gasteiger partial charge in [-0.05, 0) is 37.6 Å². The largest absolute Gasteiger partial charge is 0.338 e. The monoisotopic (exact) mass is 475 g/mol. The number of thioether (sulfide) groups is 1. The van der Waals surface area contributed by atoms with E-state index in [9.17, 15) is 17.6 Å². The summed E-state index contributed by atoms with van der Waals surface area (Å²) in [6.45, 7) is 2.25. The summed E-state index contributed by atoms with van der Waals surface area (Å²) in [6.07, 6.45) is 3.69. The van der Waals surface area contributed by atoms with E-state index in [0.717, 1.165) is 11.8 Å². The maximum atomic E-state index is 14.7. The highest BCUT2D eigenvalue weighted by atomic mass is 32.2. The zero-order chi connectivity index (χ0) is 22.7. The molecule has 4 rings (SSSR count). The SMILES string of the molecule is CCN(C(=O)CSc1nnc(-c2cccnc2)n1-c1ccccc1F)[C@@H]1CCS(=O)(=O)C1. The fraction of sp³-hybridized carbons (Fsp3) is 0.333. The van der Waals surface area contributed by atoms with E-state index in [0.29, 0.717) is 29.5 Å². The van der Waals surface area contributed by atoms with Crippen molar-refractivity contribution in [2.75, 3.05) is 23.8 Å². The Morgan fingerprint density at radius 1 is 1.25 bits per heavy atom. The maximum Gasteiger partial charge on any atom is 0.233 e. The second-order valence-corrected chi connectivity index (χ2v) is 10.5. The van der Waals surface area contributed by atoms with E-state index < -0.39 is 15.7 Å². The van der Waals surface area contributed by atoms with Gasteiger partial charge < -0.3 is 4.90 Å². The van der Waals surface area contributed by atoms with Crippen LogP contribution in [0.2, 0.25) is 0 Å². The minimum Gasteiger partial charge on any atom is -0.338 e. The van der Waals surface area contributed by atoms with Crippen LogP contribution in [0, 0.1) is 5.82 Å². The summed E-state index contributed by atoms with van der Waals surface area (Å²) in [7, 11) is -3.10. The zero-order valence-electron chi connectivity index (χ0n) is 17.4. The molecule has 1 aliphatic rings. The number of amides is 1. The average molecular weight is 476 g/mol. The van der Waals surface area contributed by atoms with Crippen LogP contribution in [0.3, 0.4) is 0 Å². The van der Waals surface area contributed by atoms with Crippen molar-refractivity contribution in [3.8, 4) is 17.1 Å². The van der Waals surface area contributed by atoms with Crippen LogP contribution in [0.1, 0.15) is 13.3 Å². The van der Waals surface area contributed by atoms with Crippen molar-refractivity contribution in [1.82, 2.24) is 24.6 Å². The van der Waals surface area contributed by atoms with Crippen LogP contribution in [-0.2, 0) is 14.6 Å². The van der Waals surface area contributed by atoms with Gasteiger partial charge in [-0.2, -0.15) is 0 Å². The summed E-state index contributed by atoms with van der Waals surface area (Å²) in [4.78, 5) is 18.6. The fourth-order valence-corrected chi connectivity index (χ4v) is 6.33. The van der Waals surface area contributed by atoms with Gasteiger partial charge in [-0.1, -0.05) is 23.9 Å². The van der Waals surface area contributed by atoms with Crippen molar-refractivity contribution in [3.05, 3.63) is 54.6 Å². The van der Waals surface area contributed by atoms with Crippen molar-refractivity contribution in [3.63, 3.8) is 0 Å². The lowest BCUT2D eigenvalue weighted by atomic mass is 10.2. The first kappa shape index (κ1) is 22.4. The van der Waals surface area contributed by atoms with E-state index in [2.05, 4.69) is 15.2 Å². The number of nitrogens with zero attached hydrogens (tertiary/aromatic N) is 5. The number of sulfone groups is 1. The van der Waals surface area contributed by atoms with Crippen LogP contribution in [0.15, 0.2) is 53.9 Å². The van der Waals surface area contributed by atoms with Crippen LogP contribution < -0.4 is 0 Å². The smallest absolute Gasteiger partial charge is 0.233 e. The molecule has 1 amide bonds. The van der Waals surface area contributed by atoms with E-state index in [-0.39, 0.29) is 34.9 Å². The first-order valence-electron chi connectivity index (χ1n) is 10.1. The van der Waals surface area contributed by atoms with Gasteiger partial charge in [0.25, 0.3) is 0 Å². The van der Waals surface area contributed by atoms with Crippen molar-refractivity contribution < 1.29 is 17.6 Å². The van der Waals surface area contributed by atoms with Gasteiger partial charge in [-0.3, -0.25) is 14.3 Å². The van der Waals surface area contributed by atoms with Crippen LogP contribution >= 0.6 is 11.8 Å². The minimum absolute atomic E-state index is 0.00614. The van der Waals surface area contributed by atoms with E-state index in [1.807, 2.05) is 6.92 Å². The molecule has 168 valence electrons. The molecule has 0 bridgehead atoms. The number of rotatable bonds is 7. The Hall–Kier alpha value is -2.79. The van der Waals surface area contributed by atoms with E-state index in [1.54, 1.807) is 52.2 Å². The Bertz CT molecular complexity index is 1220. The molecule has 3 aromatic rings. The van der Waals surface area contributed by atoms with Gasteiger partial charge in [0.05, 0.1) is 22.9 Å². The standard InChI is InChI=1S/C21H22FN5O3S2/c1-2-26(16-9-11-32(29,30)14-16)19(28)13-31-21-25-24-20(15-6-5-10-23-12-15)27(21)18-8-4-3-7-17(18)22/h3-8,10,12,16H,2,9,11,13-14H2,1H3/t16-/m1/s1. The second-order valence-electron chi connectivity index (χ2n) is 7.36. The molecule has 1 aromatic carbocycles. The number of hydrogen-bond donors (Lipinski definition) is 0. The third-order valence-electron chi connectivity index (χ3n) is 5.28. The molecule has 11 heteroatoms. The predicted octanol–water partition coefficient (Wildman–Crippen LogP) is 2.60. The van der Waals surface area contributed by atoms with Crippen LogP contribution in [0.4, 0.5) is 4.39 Å². The third-order valence-corrected chi connectivity index (χ3v) is 7.95. The minimum atomic E-state index is -3.10. The molecule has 0 aliphatic carbocycles. The Morgan fingerprint density at radius 2 is 2.06 bits per heavy atom. The quantitative estimate of drug-likeness (QED) is 0.485. The van der Waals surface area contributed by atoms with Crippen molar-refractivity contribution in [2.45, 2.75) is 24.5 Å². The molecule has 1 fully saturated rings.